The lowest BCUT2D eigenvalue weighted by Gasteiger charge is -2.20. The summed E-state index contributed by atoms with van der Waals surface area (Å²) in [5.41, 5.74) is 0.472. The van der Waals surface area contributed by atoms with Crippen LogP contribution in [0.15, 0.2) is 18.2 Å². The van der Waals surface area contributed by atoms with Crippen LogP contribution in [0.2, 0.25) is 10.0 Å². The van der Waals surface area contributed by atoms with Crippen LogP contribution in [0.4, 0.5) is 5.69 Å². The summed E-state index contributed by atoms with van der Waals surface area (Å²) in [5.74, 6) is -0.539. The molecule has 1 aromatic rings. The first-order chi connectivity index (χ1) is 9.38. The molecule has 4 nitrogen and oxygen atoms in total. The maximum atomic E-state index is 12.2. The Balaban J connectivity index is 2.06. The summed E-state index contributed by atoms with van der Waals surface area (Å²) in [6, 6.07) is 4.98. The molecule has 6 heteroatoms. The minimum atomic E-state index is -0.347. The zero-order valence-corrected chi connectivity index (χ0v) is 12.8. The molecule has 1 fully saturated rings. The van der Waals surface area contributed by atoms with E-state index in [4.69, 9.17) is 23.2 Å². The second-order valence-electron chi connectivity index (χ2n) is 5.15. The van der Waals surface area contributed by atoms with Gasteiger partial charge < -0.3 is 10.2 Å². The monoisotopic (exact) mass is 314 g/mol. The van der Waals surface area contributed by atoms with Gasteiger partial charge in [-0.2, -0.15) is 0 Å². The van der Waals surface area contributed by atoms with Crippen LogP contribution in [0.1, 0.15) is 20.3 Å². The number of halogens is 2. The molecule has 0 radical (unpaired) electrons. The number of benzene rings is 1. The number of hydrogen-bond acceptors (Lipinski definition) is 2. The molecule has 1 aliphatic heterocycles. The van der Waals surface area contributed by atoms with E-state index >= 15 is 0 Å². The number of amides is 2. The van der Waals surface area contributed by atoms with Crippen LogP contribution < -0.4 is 5.32 Å². The Hall–Kier alpha value is -1.26. The number of nitrogens with one attached hydrogen (secondary N) is 1. The molecule has 0 unspecified atom stereocenters. The van der Waals surface area contributed by atoms with E-state index < -0.39 is 0 Å². The Morgan fingerprint density at radius 1 is 1.40 bits per heavy atom. The summed E-state index contributed by atoms with van der Waals surface area (Å²) in [6.45, 7) is 4.32. The van der Waals surface area contributed by atoms with Gasteiger partial charge in [0.15, 0.2) is 0 Å². The van der Waals surface area contributed by atoms with Crippen molar-refractivity contribution in [1.82, 2.24) is 4.90 Å². The topological polar surface area (TPSA) is 49.4 Å². The van der Waals surface area contributed by atoms with Crippen LogP contribution in [-0.2, 0) is 9.59 Å². The second kappa shape index (κ2) is 6.02. The zero-order chi connectivity index (χ0) is 14.9. The minimum Gasteiger partial charge on any atom is -0.339 e. The van der Waals surface area contributed by atoms with Gasteiger partial charge in [0.1, 0.15) is 0 Å². The van der Waals surface area contributed by atoms with Crippen molar-refractivity contribution in [1.29, 1.82) is 0 Å². The van der Waals surface area contributed by atoms with Gasteiger partial charge in [0.05, 0.1) is 16.6 Å². The predicted octanol–water partition coefficient (Wildman–Crippen LogP) is 3.19. The van der Waals surface area contributed by atoms with Crippen LogP contribution in [-0.4, -0.2) is 29.3 Å². The predicted molar refractivity (Wildman–Crippen MR) is 80.0 cm³/mol. The van der Waals surface area contributed by atoms with Gasteiger partial charge in [-0.1, -0.05) is 23.2 Å². The van der Waals surface area contributed by atoms with Crippen molar-refractivity contribution in [2.24, 2.45) is 5.92 Å². The fraction of sp³-hybridized carbons (Fsp3) is 0.429. The Labute approximate surface area is 128 Å². The van der Waals surface area contributed by atoms with Crippen molar-refractivity contribution in [3.8, 4) is 0 Å². The Morgan fingerprint density at radius 2 is 2.10 bits per heavy atom. The van der Waals surface area contributed by atoms with E-state index in [0.29, 0.717) is 22.3 Å². The number of rotatable bonds is 3. The lowest BCUT2D eigenvalue weighted by atomic mass is 10.1. The van der Waals surface area contributed by atoms with Gasteiger partial charge in [-0.15, -0.1) is 0 Å². The molecule has 0 spiro atoms. The van der Waals surface area contributed by atoms with Gasteiger partial charge in [-0.3, -0.25) is 9.59 Å². The van der Waals surface area contributed by atoms with E-state index in [9.17, 15) is 9.59 Å². The molecule has 2 rings (SSSR count). The zero-order valence-electron chi connectivity index (χ0n) is 11.3. The van der Waals surface area contributed by atoms with Crippen molar-refractivity contribution in [3.63, 3.8) is 0 Å². The molecule has 0 aromatic heterocycles. The highest BCUT2D eigenvalue weighted by Gasteiger charge is 2.35. The van der Waals surface area contributed by atoms with Gasteiger partial charge in [-0.05, 0) is 32.0 Å². The molecule has 1 aliphatic rings. The van der Waals surface area contributed by atoms with Crippen LogP contribution in [0, 0.1) is 5.92 Å². The Kier molecular flexibility index (Phi) is 4.55. The standard InChI is InChI=1S/C14H16Cl2N2O2/c1-8(2)18-7-9(5-13(18)19)14(20)17-12-6-10(15)3-4-11(12)16/h3-4,6,8-9H,5,7H2,1-2H3,(H,17,20)/t9-/m0/s1. The van der Waals surface area contributed by atoms with Crippen LogP contribution >= 0.6 is 23.2 Å². The van der Waals surface area contributed by atoms with Crippen LogP contribution in [0.25, 0.3) is 0 Å². The molecule has 1 aromatic carbocycles. The Bertz CT molecular complexity index is 546. The molecule has 0 bridgehead atoms. The van der Waals surface area contributed by atoms with Gasteiger partial charge >= 0.3 is 0 Å². The van der Waals surface area contributed by atoms with Gasteiger partial charge in [0.25, 0.3) is 0 Å². The molecule has 20 heavy (non-hydrogen) atoms. The van der Waals surface area contributed by atoms with Crippen molar-refractivity contribution in [2.75, 3.05) is 11.9 Å². The molecule has 0 saturated carbocycles. The van der Waals surface area contributed by atoms with Crippen molar-refractivity contribution < 1.29 is 9.59 Å². The van der Waals surface area contributed by atoms with E-state index in [1.807, 2.05) is 13.8 Å². The Morgan fingerprint density at radius 3 is 2.70 bits per heavy atom. The number of carbonyl (C=O) groups is 2. The van der Waals surface area contributed by atoms with E-state index in [-0.39, 0.29) is 30.2 Å². The molecule has 1 heterocycles. The summed E-state index contributed by atoms with van der Waals surface area (Å²) in [7, 11) is 0. The average Bonchev–Trinajstić information content (AvgIpc) is 2.76. The van der Waals surface area contributed by atoms with Crippen LogP contribution in [0.5, 0.6) is 0 Å². The van der Waals surface area contributed by atoms with Crippen molar-refractivity contribution in [2.45, 2.75) is 26.3 Å². The van der Waals surface area contributed by atoms with E-state index in [2.05, 4.69) is 5.32 Å². The fourth-order valence-electron chi connectivity index (χ4n) is 2.23. The van der Waals surface area contributed by atoms with E-state index in [1.165, 1.54) is 0 Å². The fourth-order valence-corrected chi connectivity index (χ4v) is 2.57. The molecular formula is C14H16Cl2N2O2. The molecule has 0 aliphatic carbocycles. The maximum absolute atomic E-state index is 12.2. The lowest BCUT2D eigenvalue weighted by molar-refractivity contribution is -0.129. The third-order valence-electron chi connectivity index (χ3n) is 3.34. The first-order valence-corrected chi connectivity index (χ1v) is 7.19. The first-order valence-electron chi connectivity index (χ1n) is 6.44. The third kappa shape index (κ3) is 3.25. The summed E-state index contributed by atoms with van der Waals surface area (Å²) in [5, 5.41) is 3.66. The SMILES string of the molecule is CC(C)N1C[C@@H](C(=O)Nc2cc(Cl)ccc2Cl)CC1=O. The average molecular weight is 315 g/mol. The summed E-state index contributed by atoms with van der Waals surface area (Å²) in [6.07, 6.45) is 0.238. The van der Waals surface area contributed by atoms with Gasteiger partial charge in [0, 0.05) is 24.0 Å². The number of anilines is 1. The molecule has 2 amide bonds. The van der Waals surface area contributed by atoms with Crippen LogP contribution in [0.3, 0.4) is 0 Å². The number of nitrogens with zero attached hydrogens (tertiary/aromatic N) is 1. The molecular weight excluding hydrogens is 299 g/mol. The highest BCUT2D eigenvalue weighted by atomic mass is 35.5. The smallest absolute Gasteiger partial charge is 0.229 e. The van der Waals surface area contributed by atoms with Gasteiger partial charge in [-0.25, -0.2) is 0 Å². The summed E-state index contributed by atoms with van der Waals surface area (Å²) < 4.78 is 0. The molecule has 1 N–H and O–H groups in total. The van der Waals surface area contributed by atoms with E-state index in [0.717, 1.165) is 0 Å². The molecule has 108 valence electrons. The largest absolute Gasteiger partial charge is 0.339 e. The summed E-state index contributed by atoms with van der Waals surface area (Å²) >= 11 is 11.9. The number of likely N-dealkylation sites (tertiary alicyclic amines) is 1. The normalized spacial score (nSPS) is 18.8. The second-order valence-corrected chi connectivity index (χ2v) is 6.00. The molecule has 1 saturated heterocycles. The third-order valence-corrected chi connectivity index (χ3v) is 3.90. The highest BCUT2D eigenvalue weighted by molar-refractivity contribution is 6.35. The first kappa shape index (κ1) is 15.1. The van der Waals surface area contributed by atoms with E-state index in [1.54, 1.807) is 23.1 Å². The van der Waals surface area contributed by atoms with Gasteiger partial charge in [0.2, 0.25) is 11.8 Å². The quantitative estimate of drug-likeness (QED) is 0.931. The molecule has 1 atom stereocenters. The number of hydrogen-bond donors (Lipinski definition) is 1. The minimum absolute atomic E-state index is 0.0114. The van der Waals surface area contributed by atoms with Crippen molar-refractivity contribution in [3.05, 3.63) is 28.2 Å². The summed E-state index contributed by atoms with van der Waals surface area (Å²) in [4.78, 5) is 25.7. The lowest BCUT2D eigenvalue weighted by Crippen LogP contribution is -2.33. The number of carbonyl (C=O) groups excluding carboxylic acids is 2. The maximum Gasteiger partial charge on any atom is 0.229 e. The highest BCUT2D eigenvalue weighted by Crippen LogP contribution is 2.27. The van der Waals surface area contributed by atoms with Crippen molar-refractivity contribution >= 4 is 40.7 Å².